The zero-order chi connectivity index (χ0) is 17.0. The Morgan fingerprint density at radius 1 is 0.958 bits per heavy atom. The molecule has 5 heteroatoms. The predicted molar refractivity (Wildman–Crippen MR) is 91.4 cm³/mol. The van der Waals surface area contributed by atoms with Gasteiger partial charge in [-0.2, -0.15) is 0 Å². The van der Waals surface area contributed by atoms with Crippen molar-refractivity contribution in [2.45, 2.75) is 25.7 Å². The summed E-state index contributed by atoms with van der Waals surface area (Å²) in [6.07, 6.45) is -0.700. The third kappa shape index (κ3) is 7.26. The van der Waals surface area contributed by atoms with E-state index in [1.807, 2.05) is 60.7 Å². The topological polar surface area (TPSA) is 67.8 Å². The molecule has 1 amide bonds. The van der Waals surface area contributed by atoms with Crippen molar-refractivity contribution in [2.24, 2.45) is 0 Å². The first-order valence-corrected chi connectivity index (χ1v) is 7.98. The molecule has 0 heterocycles. The average molecular weight is 329 g/mol. The van der Waals surface area contributed by atoms with Gasteiger partial charge in [0.1, 0.15) is 6.61 Å². The Balaban J connectivity index is 1.52. The minimum atomic E-state index is -0.622. The van der Waals surface area contributed by atoms with Crippen LogP contribution in [0.15, 0.2) is 60.7 Å². The van der Waals surface area contributed by atoms with Crippen LogP contribution in [0.5, 0.6) is 0 Å². The van der Waals surface area contributed by atoms with Gasteiger partial charge in [-0.15, -0.1) is 0 Å². The number of carbonyl (C=O) groups excluding carboxylic acids is 1. The lowest BCUT2D eigenvalue weighted by Crippen LogP contribution is -2.29. The summed E-state index contributed by atoms with van der Waals surface area (Å²) in [5.74, 6) is 0. The van der Waals surface area contributed by atoms with Gasteiger partial charge in [-0.1, -0.05) is 60.7 Å². The molecule has 2 aromatic rings. The first kappa shape index (κ1) is 18.0. The van der Waals surface area contributed by atoms with Crippen LogP contribution in [0.3, 0.4) is 0 Å². The van der Waals surface area contributed by atoms with Crippen molar-refractivity contribution < 1.29 is 19.4 Å². The van der Waals surface area contributed by atoms with Crippen LogP contribution in [0.2, 0.25) is 0 Å². The SMILES string of the molecule is O=C(NCC[C@H](O)COCc1ccccc1)OCc1ccccc1. The van der Waals surface area contributed by atoms with Crippen molar-refractivity contribution in [2.75, 3.05) is 13.2 Å². The fourth-order valence-corrected chi connectivity index (χ4v) is 2.09. The normalized spacial score (nSPS) is 11.7. The van der Waals surface area contributed by atoms with Gasteiger partial charge in [0.25, 0.3) is 0 Å². The second-order valence-electron chi connectivity index (χ2n) is 5.43. The Labute approximate surface area is 142 Å². The van der Waals surface area contributed by atoms with E-state index in [4.69, 9.17) is 9.47 Å². The van der Waals surface area contributed by atoms with E-state index in [0.717, 1.165) is 11.1 Å². The Morgan fingerprint density at radius 2 is 1.54 bits per heavy atom. The molecule has 2 N–H and O–H groups in total. The average Bonchev–Trinajstić information content (AvgIpc) is 2.62. The van der Waals surface area contributed by atoms with Gasteiger partial charge in [0.05, 0.1) is 19.3 Å². The van der Waals surface area contributed by atoms with Crippen LogP contribution >= 0.6 is 0 Å². The number of hydrogen-bond acceptors (Lipinski definition) is 4. The summed E-state index contributed by atoms with van der Waals surface area (Å²) in [6.45, 7) is 1.26. The Bertz CT molecular complexity index is 589. The summed E-state index contributed by atoms with van der Waals surface area (Å²) in [4.78, 5) is 11.6. The van der Waals surface area contributed by atoms with Crippen LogP contribution in [0.25, 0.3) is 0 Å². The largest absolute Gasteiger partial charge is 0.445 e. The van der Waals surface area contributed by atoms with E-state index in [0.29, 0.717) is 19.6 Å². The van der Waals surface area contributed by atoms with Crippen LogP contribution in [-0.4, -0.2) is 30.5 Å². The van der Waals surface area contributed by atoms with Gasteiger partial charge >= 0.3 is 6.09 Å². The third-order valence-electron chi connectivity index (χ3n) is 3.38. The van der Waals surface area contributed by atoms with Crippen LogP contribution < -0.4 is 5.32 Å². The molecule has 0 aliphatic heterocycles. The van der Waals surface area contributed by atoms with Crippen molar-refractivity contribution in [3.05, 3.63) is 71.8 Å². The molecule has 2 rings (SSSR count). The molecule has 5 nitrogen and oxygen atoms in total. The number of aliphatic hydroxyl groups is 1. The van der Waals surface area contributed by atoms with Crippen molar-refractivity contribution in [3.8, 4) is 0 Å². The highest BCUT2D eigenvalue weighted by atomic mass is 16.5. The molecule has 0 spiro atoms. The van der Waals surface area contributed by atoms with Gasteiger partial charge in [-0.3, -0.25) is 0 Å². The number of alkyl carbamates (subject to hydrolysis) is 1. The van der Waals surface area contributed by atoms with E-state index in [9.17, 15) is 9.90 Å². The standard InChI is InChI=1S/C19H23NO4/c21-18(15-23-13-16-7-3-1-4-8-16)11-12-20-19(22)24-14-17-9-5-2-6-10-17/h1-10,18,21H,11-15H2,(H,20,22)/t18-/m0/s1. The minimum absolute atomic E-state index is 0.232. The Morgan fingerprint density at radius 3 is 2.17 bits per heavy atom. The Kier molecular flexibility index (Phi) is 7.80. The molecule has 128 valence electrons. The zero-order valence-electron chi connectivity index (χ0n) is 13.6. The first-order chi connectivity index (χ1) is 11.7. The second-order valence-corrected chi connectivity index (χ2v) is 5.43. The van der Waals surface area contributed by atoms with Crippen molar-refractivity contribution >= 4 is 6.09 Å². The lowest BCUT2D eigenvalue weighted by atomic mass is 10.2. The van der Waals surface area contributed by atoms with Crippen LogP contribution in [-0.2, 0) is 22.7 Å². The van der Waals surface area contributed by atoms with Gasteiger partial charge in [0.2, 0.25) is 0 Å². The maximum absolute atomic E-state index is 11.6. The summed E-state index contributed by atoms with van der Waals surface area (Å²) in [7, 11) is 0. The molecule has 0 unspecified atom stereocenters. The van der Waals surface area contributed by atoms with Crippen LogP contribution in [0, 0.1) is 0 Å². The van der Waals surface area contributed by atoms with E-state index in [1.54, 1.807) is 0 Å². The quantitative estimate of drug-likeness (QED) is 0.742. The zero-order valence-corrected chi connectivity index (χ0v) is 13.6. The number of carbonyl (C=O) groups is 1. The van der Waals surface area contributed by atoms with Gasteiger partial charge in [-0.05, 0) is 17.5 Å². The fraction of sp³-hybridized carbons (Fsp3) is 0.316. The Hall–Kier alpha value is -2.37. The molecule has 0 radical (unpaired) electrons. The minimum Gasteiger partial charge on any atom is -0.445 e. The molecule has 0 fully saturated rings. The molecule has 0 saturated heterocycles. The monoisotopic (exact) mass is 329 g/mol. The molecule has 2 aromatic carbocycles. The number of ether oxygens (including phenoxy) is 2. The van der Waals surface area contributed by atoms with Crippen LogP contribution in [0.1, 0.15) is 17.5 Å². The van der Waals surface area contributed by atoms with Crippen molar-refractivity contribution in [3.63, 3.8) is 0 Å². The van der Waals surface area contributed by atoms with Gasteiger partial charge in [0.15, 0.2) is 0 Å². The molecule has 0 aliphatic carbocycles. The molecule has 0 bridgehead atoms. The highest BCUT2D eigenvalue weighted by Crippen LogP contribution is 2.02. The maximum Gasteiger partial charge on any atom is 0.407 e. The highest BCUT2D eigenvalue weighted by molar-refractivity contribution is 5.67. The molecular formula is C19H23NO4. The summed E-state index contributed by atoms with van der Waals surface area (Å²) in [6, 6.07) is 19.2. The van der Waals surface area contributed by atoms with Gasteiger partial charge in [-0.25, -0.2) is 4.79 Å². The smallest absolute Gasteiger partial charge is 0.407 e. The molecule has 0 aliphatic rings. The van der Waals surface area contributed by atoms with Crippen LogP contribution in [0.4, 0.5) is 4.79 Å². The number of rotatable bonds is 9. The van der Waals surface area contributed by atoms with E-state index in [1.165, 1.54) is 0 Å². The summed E-state index contributed by atoms with van der Waals surface area (Å²) >= 11 is 0. The number of benzene rings is 2. The van der Waals surface area contributed by atoms with E-state index >= 15 is 0 Å². The third-order valence-corrected chi connectivity index (χ3v) is 3.38. The number of hydrogen-bond donors (Lipinski definition) is 2. The number of aliphatic hydroxyl groups excluding tert-OH is 1. The summed E-state index contributed by atoms with van der Waals surface area (Å²) in [5.41, 5.74) is 1.99. The lowest BCUT2D eigenvalue weighted by molar-refractivity contribution is 0.0246. The van der Waals surface area contributed by atoms with Gasteiger partial charge < -0.3 is 19.9 Å². The number of amides is 1. The predicted octanol–water partition coefficient (Wildman–Crippen LogP) is 2.88. The molecule has 24 heavy (non-hydrogen) atoms. The molecule has 1 atom stereocenters. The second kappa shape index (κ2) is 10.4. The fourth-order valence-electron chi connectivity index (χ4n) is 2.09. The molecular weight excluding hydrogens is 306 g/mol. The van der Waals surface area contributed by atoms with Crippen molar-refractivity contribution in [1.82, 2.24) is 5.32 Å². The first-order valence-electron chi connectivity index (χ1n) is 7.98. The summed E-state index contributed by atoms with van der Waals surface area (Å²) in [5, 5.41) is 12.4. The van der Waals surface area contributed by atoms with E-state index in [2.05, 4.69) is 5.32 Å². The van der Waals surface area contributed by atoms with Crippen molar-refractivity contribution in [1.29, 1.82) is 0 Å². The molecule has 0 aromatic heterocycles. The number of nitrogens with one attached hydrogen (secondary N) is 1. The molecule has 0 saturated carbocycles. The van der Waals surface area contributed by atoms with Gasteiger partial charge in [0, 0.05) is 6.54 Å². The van der Waals surface area contributed by atoms with E-state index < -0.39 is 12.2 Å². The lowest BCUT2D eigenvalue weighted by Gasteiger charge is -2.12. The van der Waals surface area contributed by atoms with E-state index in [-0.39, 0.29) is 13.2 Å². The highest BCUT2D eigenvalue weighted by Gasteiger charge is 2.07. The summed E-state index contributed by atoms with van der Waals surface area (Å²) < 4.78 is 10.5. The maximum atomic E-state index is 11.6.